The van der Waals surface area contributed by atoms with Crippen LogP contribution in [0.1, 0.15) is 213 Å². The number of ether oxygens (including phenoxy) is 3. The third kappa shape index (κ3) is 17.3. The Labute approximate surface area is 355 Å². The normalized spacial score (nSPS) is 11.7. The van der Waals surface area contributed by atoms with Crippen LogP contribution in [-0.2, 0) is 0 Å². The molecule has 0 atom stereocenters. The molecule has 4 rings (SSSR count). The minimum atomic E-state index is 0.417. The molecular formula is C50H81NO3Se2. The van der Waals surface area contributed by atoms with Crippen molar-refractivity contribution in [2.24, 2.45) is 0 Å². The first-order valence-electron chi connectivity index (χ1n) is 23.8. The van der Waals surface area contributed by atoms with Crippen LogP contribution in [0.5, 0.6) is 17.2 Å². The topological polar surface area (TPSA) is 32.6 Å². The summed E-state index contributed by atoms with van der Waals surface area (Å²) in [5.41, 5.74) is 3.87. The standard InChI is InChI=1S/C50H81NO3Se2/c1-4-7-10-13-16-19-22-25-28-31-36-52-46-41-43(51-44-34-39-55-49(44)50-45(51)35-40-56-50)42-47(53-37-32-29-26-23-20-17-14-11-8-5-2)48(46)54-38-33-30-27-24-21-18-15-12-9-6-3/h34-35,39-42H,4-33,36-38H2,1-3H3. The molecular weight excluding hydrogens is 820 g/mol. The molecule has 0 radical (unpaired) electrons. The number of benzene rings is 1. The van der Waals surface area contributed by atoms with Crippen LogP contribution < -0.4 is 14.2 Å². The Morgan fingerprint density at radius 2 is 0.696 bits per heavy atom. The number of nitrogens with zero attached hydrogens (tertiary/aromatic N) is 1. The van der Waals surface area contributed by atoms with Crippen LogP contribution in [0.4, 0.5) is 0 Å². The van der Waals surface area contributed by atoms with Crippen molar-refractivity contribution in [3.8, 4) is 22.9 Å². The van der Waals surface area contributed by atoms with Crippen LogP contribution in [0.25, 0.3) is 25.2 Å². The van der Waals surface area contributed by atoms with E-state index in [1.54, 1.807) is 8.52 Å². The zero-order chi connectivity index (χ0) is 39.3. The van der Waals surface area contributed by atoms with Gasteiger partial charge in [-0.05, 0) is 0 Å². The average molecular weight is 902 g/mol. The molecule has 0 aliphatic heterocycles. The molecule has 0 aliphatic carbocycles. The van der Waals surface area contributed by atoms with E-state index in [0.717, 1.165) is 55.4 Å². The van der Waals surface area contributed by atoms with Gasteiger partial charge in [0, 0.05) is 0 Å². The molecule has 6 heteroatoms. The molecule has 4 aromatic rings. The Morgan fingerprint density at radius 3 is 1.04 bits per heavy atom. The molecule has 0 fully saturated rings. The second-order valence-corrected chi connectivity index (χ2v) is 20.3. The summed E-state index contributed by atoms with van der Waals surface area (Å²) in [6.45, 7) is 9.05. The summed E-state index contributed by atoms with van der Waals surface area (Å²) in [5.74, 6) is 2.54. The minimum Gasteiger partial charge on any atom is -0.0654 e. The summed E-state index contributed by atoms with van der Waals surface area (Å²) in [4.78, 5) is 4.77. The number of fused-ring (bicyclic) bond motifs is 3. The molecule has 1 aromatic carbocycles. The van der Waals surface area contributed by atoms with E-state index in [9.17, 15) is 0 Å². The molecule has 0 saturated heterocycles. The third-order valence-corrected chi connectivity index (χ3v) is 16.0. The second kappa shape index (κ2) is 30.5. The number of aromatic nitrogens is 1. The summed E-state index contributed by atoms with van der Waals surface area (Å²) in [5, 5.41) is 0. The van der Waals surface area contributed by atoms with Crippen molar-refractivity contribution in [2.45, 2.75) is 213 Å². The van der Waals surface area contributed by atoms with Crippen molar-refractivity contribution in [3.05, 3.63) is 34.1 Å². The summed E-state index contributed by atoms with van der Waals surface area (Å²) >= 11 is 0.834. The van der Waals surface area contributed by atoms with E-state index >= 15 is 0 Å². The monoisotopic (exact) mass is 903 g/mol. The summed E-state index contributed by atoms with van der Waals surface area (Å²) in [6.07, 6.45) is 39.7. The molecule has 3 aromatic heterocycles. The maximum atomic E-state index is 6.74. The van der Waals surface area contributed by atoms with Gasteiger partial charge in [0.05, 0.1) is 0 Å². The fourth-order valence-electron chi connectivity index (χ4n) is 8.06. The van der Waals surface area contributed by atoms with Gasteiger partial charge >= 0.3 is 215 Å². The number of unbranched alkanes of at least 4 members (excludes halogenated alkanes) is 27. The van der Waals surface area contributed by atoms with Gasteiger partial charge in [-0.1, -0.05) is 143 Å². The van der Waals surface area contributed by atoms with Gasteiger partial charge in [-0.3, -0.25) is 0 Å². The smallest absolute Gasteiger partial charge is 0.0654 e. The SMILES string of the molecule is CCCCCCCCCCCCOc1cc(-n2c3cc[se]c3c3[se]ccc32)cc(OCCCCCCCCCCCC)c1OCCCCCCCCCCCC. The molecule has 56 heavy (non-hydrogen) atoms. The van der Waals surface area contributed by atoms with Gasteiger partial charge in [-0.25, -0.2) is 0 Å². The second-order valence-electron chi connectivity index (χ2n) is 16.5. The zero-order valence-corrected chi connectivity index (χ0v) is 39.7. The molecule has 0 saturated carbocycles. The molecule has 0 amide bonds. The fraction of sp³-hybridized carbons (Fsp3) is 0.720. The zero-order valence-electron chi connectivity index (χ0n) is 36.3. The van der Waals surface area contributed by atoms with Gasteiger partial charge in [-0.15, -0.1) is 0 Å². The van der Waals surface area contributed by atoms with Crippen molar-refractivity contribution in [2.75, 3.05) is 19.8 Å². The first-order valence-corrected chi connectivity index (χ1v) is 27.5. The maximum absolute atomic E-state index is 6.74. The van der Waals surface area contributed by atoms with Gasteiger partial charge in [0.15, 0.2) is 0 Å². The van der Waals surface area contributed by atoms with Gasteiger partial charge in [0.2, 0.25) is 0 Å². The summed E-state index contributed by atoms with van der Waals surface area (Å²) in [6, 6.07) is 9.22. The van der Waals surface area contributed by atoms with Crippen molar-refractivity contribution < 1.29 is 14.2 Å². The molecule has 0 unspecified atom stereocenters. The van der Waals surface area contributed by atoms with E-state index in [1.165, 1.54) is 184 Å². The molecule has 0 spiro atoms. The van der Waals surface area contributed by atoms with E-state index < -0.39 is 0 Å². The Balaban J connectivity index is 1.41. The minimum absolute atomic E-state index is 0.417. The number of rotatable bonds is 37. The molecule has 3 heterocycles. The van der Waals surface area contributed by atoms with Crippen molar-refractivity contribution in [1.82, 2.24) is 4.57 Å². The first-order chi connectivity index (χ1) is 27.8. The average Bonchev–Trinajstić information content (AvgIpc) is 3.94. The molecule has 4 nitrogen and oxygen atoms in total. The quantitative estimate of drug-likeness (QED) is 0.0334. The van der Waals surface area contributed by atoms with Crippen LogP contribution in [0.3, 0.4) is 0 Å². The first kappa shape index (κ1) is 47.1. The van der Waals surface area contributed by atoms with Crippen molar-refractivity contribution in [3.63, 3.8) is 0 Å². The van der Waals surface area contributed by atoms with Crippen molar-refractivity contribution in [1.29, 1.82) is 0 Å². The van der Waals surface area contributed by atoms with Gasteiger partial charge in [0.1, 0.15) is 0 Å². The molecule has 0 bridgehead atoms. The van der Waals surface area contributed by atoms with Crippen LogP contribution >= 0.6 is 0 Å². The Bertz CT molecular complexity index is 1440. The van der Waals surface area contributed by atoms with E-state index in [2.05, 4.69) is 59.5 Å². The predicted octanol–water partition coefficient (Wildman–Crippen LogP) is 15.8. The summed E-state index contributed by atoms with van der Waals surface area (Å²) in [7, 11) is 0. The van der Waals surface area contributed by atoms with Crippen LogP contribution in [0.2, 0.25) is 0 Å². The van der Waals surface area contributed by atoms with Gasteiger partial charge in [-0.2, -0.15) is 0 Å². The van der Waals surface area contributed by atoms with Crippen LogP contribution in [0.15, 0.2) is 34.1 Å². The van der Waals surface area contributed by atoms with Gasteiger partial charge in [0.25, 0.3) is 0 Å². The molecule has 0 aliphatic rings. The third-order valence-electron chi connectivity index (χ3n) is 11.5. The van der Waals surface area contributed by atoms with E-state index in [-0.39, 0.29) is 0 Å². The number of hydrogen-bond donors (Lipinski definition) is 0. The Hall–Kier alpha value is -1.58. The predicted molar refractivity (Wildman–Crippen MR) is 247 cm³/mol. The Morgan fingerprint density at radius 1 is 0.393 bits per heavy atom. The van der Waals surface area contributed by atoms with E-state index in [0.29, 0.717) is 35.6 Å². The van der Waals surface area contributed by atoms with Crippen LogP contribution in [-0.4, -0.2) is 53.4 Å². The fourth-order valence-corrected chi connectivity index (χ4v) is 12.6. The number of hydrogen-bond acceptors (Lipinski definition) is 3. The molecule has 0 N–H and O–H groups in total. The van der Waals surface area contributed by atoms with Crippen LogP contribution in [0, 0.1) is 0 Å². The van der Waals surface area contributed by atoms with E-state index in [4.69, 9.17) is 14.2 Å². The summed E-state index contributed by atoms with van der Waals surface area (Å²) < 4.78 is 25.8. The van der Waals surface area contributed by atoms with Gasteiger partial charge < -0.3 is 0 Å². The Kier molecular flexibility index (Phi) is 25.6. The van der Waals surface area contributed by atoms with E-state index in [1.807, 2.05) is 0 Å². The van der Waals surface area contributed by atoms with Crippen molar-refractivity contribution >= 4 is 48.6 Å². The molecule has 316 valence electrons.